The molecule has 0 atom stereocenters. The molecular weight excluding hydrogens is 398 g/mol. The van der Waals surface area contributed by atoms with E-state index >= 15 is 0 Å². The average molecular weight is 423 g/mol. The number of hydrogen-bond acceptors (Lipinski definition) is 8. The van der Waals surface area contributed by atoms with Crippen molar-refractivity contribution in [2.45, 2.75) is 40.2 Å². The van der Waals surface area contributed by atoms with Crippen molar-refractivity contribution in [3.05, 3.63) is 58.9 Å². The Kier molecular flexibility index (Phi) is 8.58. The third kappa shape index (κ3) is 6.06. The fraction of sp³-hybridized carbons (Fsp3) is 0.304. The van der Waals surface area contributed by atoms with Crippen molar-refractivity contribution in [2.24, 2.45) is 0 Å². The number of ether oxygens (including phenoxy) is 2. The van der Waals surface area contributed by atoms with Gasteiger partial charge in [0.25, 0.3) is 0 Å². The summed E-state index contributed by atoms with van der Waals surface area (Å²) >= 11 is 0. The molecule has 0 saturated carbocycles. The quantitative estimate of drug-likeness (QED) is 0.255. The number of carbonyl (C=O) groups is 2. The Morgan fingerprint density at radius 2 is 2.06 bits per heavy atom. The van der Waals surface area contributed by atoms with E-state index < -0.39 is 5.97 Å². The third-order valence-electron chi connectivity index (χ3n) is 4.36. The zero-order chi connectivity index (χ0) is 22.8. The molecule has 1 heterocycles. The summed E-state index contributed by atoms with van der Waals surface area (Å²) in [4.78, 5) is 27.7. The van der Waals surface area contributed by atoms with Crippen LogP contribution in [0.1, 0.15) is 48.7 Å². The van der Waals surface area contributed by atoms with E-state index in [1.807, 2.05) is 6.92 Å². The number of phenolic OH excluding ortho intramolecular Hbond substituents is 1. The molecule has 0 aliphatic rings. The van der Waals surface area contributed by atoms with Gasteiger partial charge in [0.15, 0.2) is 11.4 Å². The van der Waals surface area contributed by atoms with Gasteiger partial charge in [-0.2, -0.15) is 5.26 Å². The number of Topliss-reactive ketones (excluding diaryl/α,β-unsaturated/α-hetero) is 1. The molecule has 162 valence electrons. The van der Waals surface area contributed by atoms with Gasteiger partial charge in [0.2, 0.25) is 0 Å². The van der Waals surface area contributed by atoms with Crippen molar-refractivity contribution < 1.29 is 24.2 Å². The number of nitriles is 1. The fourth-order valence-electron chi connectivity index (χ4n) is 2.86. The lowest BCUT2D eigenvalue weighted by molar-refractivity contribution is -0.138. The van der Waals surface area contributed by atoms with Crippen LogP contribution >= 0.6 is 0 Å². The Balaban J connectivity index is 2.24. The number of phenols is 1. The SMILES string of the molecule is CCCc1c(OCc2cccnc2NC=C(C#N)C(=O)OCC)ccc(C(C)=O)c1O. The number of nitrogens with zero attached hydrogens (tertiary/aromatic N) is 2. The number of benzene rings is 1. The largest absolute Gasteiger partial charge is 0.507 e. The number of aromatic nitrogens is 1. The summed E-state index contributed by atoms with van der Waals surface area (Å²) < 4.78 is 10.8. The zero-order valence-corrected chi connectivity index (χ0v) is 17.8. The van der Waals surface area contributed by atoms with Crippen molar-refractivity contribution in [1.82, 2.24) is 4.98 Å². The maximum atomic E-state index is 11.8. The Bertz CT molecular complexity index is 1020. The molecule has 2 rings (SSSR count). The number of esters is 1. The number of anilines is 1. The van der Waals surface area contributed by atoms with E-state index in [-0.39, 0.29) is 35.9 Å². The minimum atomic E-state index is -0.725. The molecule has 0 amide bonds. The Morgan fingerprint density at radius 3 is 2.71 bits per heavy atom. The van der Waals surface area contributed by atoms with Crippen LogP contribution < -0.4 is 10.1 Å². The van der Waals surface area contributed by atoms with E-state index in [1.165, 1.54) is 19.2 Å². The summed E-state index contributed by atoms with van der Waals surface area (Å²) in [6, 6.07) is 8.50. The number of rotatable bonds is 10. The molecule has 2 aromatic rings. The first-order chi connectivity index (χ1) is 14.9. The van der Waals surface area contributed by atoms with Crippen LogP contribution in [0.15, 0.2) is 42.2 Å². The Morgan fingerprint density at radius 1 is 1.29 bits per heavy atom. The second kappa shape index (κ2) is 11.4. The molecule has 1 aromatic carbocycles. The lowest BCUT2D eigenvalue weighted by atomic mass is 10.0. The summed E-state index contributed by atoms with van der Waals surface area (Å²) in [5.74, 6) is -0.133. The van der Waals surface area contributed by atoms with Crippen molar-refractivity contribution in [3.63, 3.8) is 0 Å². The van der Waals surface area contributed by atoms with Crippen molar-refractivity contribution in [2.75, 3.05) is 11.9 Å². The van der Waals surface area contributed by atoms with Crippen molar-refractivity contribution >= 4 is 17.6 Å². The maximum Gasteiger partial charge on any atom is 0.350 e. The minimum absolute atomic E-state index is 0.0626. The highest BCUT2D eigenvalue weighted by Gasteiger charge is 2.16. The number of nitrogens with one attached hydrogen (secondary N) is 1. The van der Waals surface area contributed by atoms with Crippen LogP contribution in [-0.4, -0.2) is 28.4 Å². The smallest absolute Gasteiger partial charge is 0.350 e. The first-order valence-electron chi connectivity index (χ1n) is 9.89. The number of pyridine rings is 1. The molecule has 0 unspecified atom stereocenters. The molecule has 31 heavy (non-hydrogen) atoms. The number of carbonyl (C=O) groups excluding carboxylic acids is 2. The van der Waals surface area contributed by atoms with Gasteiger partial charge in [-0.05, 0) is 38.5 Å². The average Bonchev–Trinajstić information content (AvgIpc) is 2.75. The van der Waals surface area contributed by atoms with Crippen molar-refractivity contribution in [3.8, 4) is 17.6 Å². The first kappa shape index (κ1) is 23.4. The van der Waals surface area contributed by atoms with Gasteiger partial charge in [-0.15, -0.1) is 0 Å². The van der Waals surface area contributed by atoms with Crippen LogP contribution in [0.5, 0.6) is 11.5 Å². The lowest BCUT2D eigenvalue weighted by Crippen LogP contribution is -2.09. The van der Waals surface area contributed by atoms with Crippen LogP contribution in [0.25, 0.3) is 0 Å². The number of hydrogen-bond donors (Lipinski definition) is 2. The van der Waals surface area contributed by atoms with E-state index in [0.29, 0.717) is 29.1 Å². The van der Waals surface area contributed by atoms with Gasteiger partial charge in [0.1, 0.15) is 30.0 Å². The van der Waals surface area contributed by atoms with Crippen LogP contribution in [0, 0.1) is 11.3 Å². The van der Waals surface area contributed by atoms with E-state index in [0.717, 1.165) is 6.42 Å². The summed E-state index contributed by atoms with van der Waals surface area (Å²) in [7, 11) is 0. The molecule has 0 saturated heterocycles. The summed E-state index contributed by atoms with van der Waals surface area (Å²) in [6.07, 6.45) is 4.11. The molecule has 0 bridgehead atoms. The van der Waals surface area contributed by atoms with Gasteiger partial charge in [0.05, 0.1) is 12.2 Å². The monoisotopic (exact) mass is 423 g/mol. The molecular formula is C23H25N3O5. The van der Waals surface area contributed by atoms with E-state index in [4.69, 9.17) is 14.7 Å². The van der Waals surface area contributed by atoms with E-state index in [2.05, 4.69) is 10.3 Å². The highest BCUT2D eigenvalue weighted by Crippen LogP contribution is 2.33. The van der Waals surface area contributed by atoms with E-state index in [1.54, 1.807) is 37.4 Å². The Labute approximate surface area is 181 Å². The van der Waals surface area contributed by atoms with Crippen molar-refractivity contribution in [1.29, 1.82) is 5.26 Å². The second-order valence-electron chi connectivity index (χ2n) is 6.58. The van der Waals surface area contributed by atoms with Gasteiger partial charge in [-0.3, -0.25) is 4.79 Å². The van der Waals surface area contributed by atoms with Gasteiger partial charge in [-0.25, -0.2) is 9.78 Å². The number of aromatic hydroxyl groups is 1. The van der Waals surface area contributed by atoms with Gasteiger partial charge in [0, 0.05) is 23.5 Å². The second-order valence-corrected chi connectivity index (χ2v) is 6.58. The van der Waals surface area contributed by atoms with Crippen LogP contribution in [0.2, 0.25) is 0 Å². The third-order valence-corrected chi connectivity index (χ3v) is 4.36. The van der Waals surface area contributed by atoms with Crippen LogP contribution in [0.4, 0.5) is 5.82 Å². The fourth-order valence-corrected chi connectivity index (χ4v) is 2.86. The van der Waals surface area contributed by atoms with Gasteiger partial charge >= 0.3 is 5.97 Å². The highest BCUT2D eigenvalue weighted by atomic mass is 16.5. The maximum absolute atomic E-state index is 11.8. The minimum Gasteiger partial charge on any atom is -0.507 e. The molecule has 0 fully saturated rings. The summed E-state index contributed by atoms with van der Waals surface area (Å²) in [6.45, 7) is 5.30. The van der Waals surface area contributed by atoms with E-state index in [9.17, 15) is 14.7 Å². The first-order valence-corrected chi connectivity index (χ1v) is 9.89. The molecule has 0 aliphatic heterocycles. The molecule has 0 aliphatic carbocycles. The normalized spacial score (nSPS) is 10.8. The molecule has 8 heteroatoms. The predicted octanol–water partition coefficient (Wildman–Crippen LogP) is 3.90. The standard InChI is InChI=1S/C23H25N3O5/c1-4-7-19-20(10-9-18(15(3)27)21(19)28)31-14-16-8-6-11-25-22(16)26-13-17(12-24)23(29)30-5-2/h6,8-11,13,28H,4-5,7,14H2,1-3H3,(H,25,26). The summed E-state index contributed by atoms with van der Waals surface area (Å²) in [5, 5.41) is 22.5. The zero-order valence-electron chi connectivity index (χ0n) is 17.8. The summed E-state index contributed by atoms with van der Waals surface area (Å²) in [5.41, 5.74) is 1.31. The number of ketones is 1. The molecule has 8 nitrogen and oxygen atoms in total. The molecule has 0 radical (unpaired) electrons. The molecule has 0 spiro atoms. The van der Waals surface area contributed by atoms with Gasteiger partial charge < -0.3 is 19.9 Å². The lowest BCUT2D eigenvalue weighted by Gasteiger charge is -2.15. The molecule has 1 aromatic heterocycles. The molecule has 2 N–H and O–H groups in total. The Hall–Kier alpha value is -3.86. The van der Waals surface area contributed by atoms with Crippen LogP contribution in [0.3, 0.4) is 0 Å². The predicted molar refractivity (Wildman–Crippen MR) is 115 cm³/mol. The van der Waals surface area contributed by atoms with Gasteiger partial charge in [-0.1, -0.05) is 19.4 Å². The van der Waals surface area contributed by atoms with Crippen LogP contribution in [-0.2, 0) is 22.6 Å². The topological polar surface area (TPSA) is 122 Å². The highest BCUT2D eigenvalue weighted by molar-refractivity contribution is 5.97.